The van der Waals surface area contributed by atoms with E-state index in [2.05, 4.69) is 31.5 Å². The normalized spacial score (nSPS) is 10.9. The third-order valence-corrected chi connectivity index (χ3v) is 5.44. The predicted octanol–water partition coefficient (Wildman–Crippen LogP) is 5.61. The SMILES string of the molecule is Cc1onc(C(=O)Nc2nn(Cc3ccc(Cl)cc3)cc2Br)c1COc1ccc(F)cc1. The fraction of sp³-hybridized carbons (Fsp3) is 0.136. The Morgan fingerprint density at radius 1 is 1.22 bits per heavy atom. The van der Waals surface area contributed by atoms with E-state index in [1.165, 1.54) is 24.3 Å². The van der Waals surface area contributed by atoms with Gasteiger partial charge in [0.25, 0.3) is 5.91 Å². The van der Waals surface area contributed by atoms with Crippen LogP contribution in [0.4, 0.5) is 10.2 Å². The van der Waals surface area contributed by atoms with E-state index >= 15 is 0 Å². The third kappa shape index (κ3) is 5.17. The highest BCUT2D eigenvalue weighted by molar-refractivity contribution is 9.10. The molecule has 2 heterocycles. The van der Waals surface area contributed by atoms with Crippen molar-refractivity contribution >= 4 is 39.3 Å². The van der Waals surface area contributed by atoms with Crippen molar-refractivity contribution < 1.29 is 18.4 Å². The second-order valence-electron chi connectivity index (χ2n) is 6.91. The first-order chi connectivity index (χ1) is 15.4. The van der Waals surface area contributed by atoms with E-state index in [1.807, 2.05) is 12.1 Å². The maximum Gasteiger partial charge on any atom is 0.279 e. The van der Waals surface area contributed by atoms with E-state index in [0.29, 0.717) is 38.9 Å². The van der Waals surface area contributed by atoms with Crippen LogP contribution in [0.15, 0.2) is 63.7 Å². The van der Waals surface area contributed by atoms with E-state index in [-0.39, 0.29) is 18.1 Å². The van der Waals surface area contributed by atoms with Crippen LogP contribution in [0.3, 0.4) is 0 Å². The lowest BCUT2D eigenvalue weighted by Gasteiger charge is -2.07. The van der Waals surface area contributed by atoms with Crippen molar-refractivity contribution in [2.75, 3.05) is 5.32 Å². The summed E-state index contributed by atoms with van der Waals surface area (Å²) in [6.07, 6.45) is 1.76. The topological polar surface area (TPSA) is 82.2 Å². The molecule has 32 heavy (non-hydrogen) atoms. The first-order valence-electron chi connectivity index (χ1n) is 9.51. The van der Waals surface area contributed by atoms with Gasteiger partial charge in [0.2, 0.25) is 0 Å². The number of hydrogen-bond acceptors (Lipinski definition) is 5. The molecule has 4 rings (SSSR count). The Labute approximate surface area is 196 Å². The molecule has 0 fully saturated rings. The van der Waals surface area contributed by atoms with Gasteiger partial charge in [0, 0.05) is 11.2 Å². The van der Waals surface area contributed by atoms with Crippen LogP contribution < -0.4 is 10.1 Å². The Morgan fingerprint density at radius 3 is 2.66 bits per heavy atom. The van der Waals surface area contributed by atoms with Gasteiger partial charge in [-0.2, -0.15) is 5.10 Å². The van der Waals surface area contributed by atoms with Crippen molar-refractivity contribution in [3.8, 4) is 5.75 Å². The molecule has 1 N–H and O–H groups in total. The van der Waals surface area contributed by atoms with Crippen molar-refractivity contribution in [3.63, 3.8) is 0 Å². The van der Waals surface area contributed by atoms with Crippen molar-refractivity contribution in [2.45, 2.75) is 20.1 Å². The average molecular weight is 520 g/mol. The quantitative estimate of drug-likeness (QED) is 0.343. The Balaban J connectivity index is 1.45. The number of aryl methyl sites for hydroxylation is 1. The van der Waals surface area contributed by atoms with Crippen molar-refractivity contribution in [1.82, 2.24) is 14.9 Å². The number of rotatable bonds is 7. The summed E-state index contributed by atoms with van der Waals surface area (Å²) < 4.78 is 26.2. The van der Waals surface area contributed by atoms with Gasteiger partial charge in [-0.3, -0.25) is 9.48 Å². The van der Waals surface area contributed by atoms with Gasteiger partial charge in [0.05, 0.1) is 16.6 Å². The van der Waals surface area contributed by atoms with Crippen LogP contribution in [0.1, 0.15) is 27.4 Å². The van der Waals surface area contributed by atoms with E-state index in [0.717, 1.165) is 5.56 Å². The monoisotopic (exact) mass is 518 g/mol. The fourth-order valence-corrected chi connectivity index (χ4v) is 3.47. The van der Waals surface area contributed by atoms with Gasteiger partial charge in [-0.15, -0.1) is 0 Å². The van der Waals surface area contributed by atoms with Crippen LogP contribution in [-0.2, 0) is 13.2 Å². The molecule has 0 unspecified atom stereocenters. The molecule has 0 spiro atoms. The summed E-state index contributed by atoms with van der Waals surface area (Å²) >= 11 is 9.34. The number of benzene rings is 2. The van der Waals surface area contributed by atoms with Crippen molar-refractivity contribution in [2.24, 2.45) is 0 Å². The summed E-state index contributed by atoms with van der Waals surface area (Å²) in [5.41, 5.74) is 1.59. The van der Waals surface area contributed by atoms with Gasteiger partial charge in [-0.1, -0.05) is 28.9 Å². The summed E-state index contributed by atoms with van der Waals surface area (Å²) in [5.74, 6) is 0.401. The molecule has 0 bridgehead atoms. The minimum Gasteiger partial charge on any atom is -0.489 e. The zero-order chi connectivity index (χ0) is 22.7. The van der Waals surface area contributed by atoms with Crippen LogP contribution in [0.25, 0.3) is 0 Å². The van der Waals surface area contributed by atoms with Gasteiger partial charge < -0.3 is 14.6 Å². The third-order valence-electron chi connectivity index (χ3n) is 4.60. The van der Waals surface area contributed by atoms with Crippen molar-refractivity contribution in [1.29, 1.82) is 0 Å². The minimum atomic E-state index is -0.489. The molecular formula is C22H17BrClFN4O3. The van der Waals surface area contributed by atoms with E-state index < -0.39 is 5.91 Å². The molecule has 0 aliphatic carbocycles. The minimum absolute atomic E-state index is 0.0376. The highest BCUT2D eigenvalue weighted by Crippen LogP contribution is 2.24. The van der Waals surface area contributed by atoms with Gasteiger partial charge in [-0.25, -0.2) is 4.39 Å². The predicted molar refractivity (Wildman–Crippen MR) is 120 cm³/mol. The lowest BCUT2D eigenvalue weighted by Crippen LogP contribution is -2.16. The Bertz CT molecular complexity index is 1240. The smallest absolute Gasteiger partial charge is 0.279 e. The lowest BCUT2D eigenvalue weighted by molar-refractivity contribution is 0.101. The second kappa shape index (κ2) is 9.54. The Hall–Kier alpha value is -3.17. The summed E-state index contributed by atoms with van der Waals surface area (Å²) in [6, 6.07) is 13.0. The molecule has 0 aliphatic rings. The number of carbonyl (C=O) groups is 1. The van der Waals surface area contributed by atoms with Crippen LogP contribution >= 0.6 is 27.5 Å². The number of amides is 1. The standard InChI is InChI=1S/C22H17BrClFN4O3/c1-13-18(12-31-17-8-6-16(25)7-9-17)20(28-32-13)22(30)26-21-19(23)11-29(27-21)10-14-2-4-15(24)5-3-14/h2-9,11H,10,12H2,1H3,(H,26,27,30). The van der Waals surface area contributed by atoms with Crippen LogP contribution in [-0.4, -0.2) is 20.8 Å². The molecule has 0 saturated heterocycles. The maximum atomic E-state index is 13.1. The second-order valence-corrected chi connectivity index (χ2v) is 8.20. The van der Waals surface area contributed by atoms with E-state index in [4.69, 9.17) is 20.9 Å². The lowest BCUT2D eigenvalue weighted by atomic mass is 10.2. The molecule has 10 heteroatoms. The van der Waals surface area contributed by atoms with Gasteiger partial charge in [-0.05, 0) is 64.8 Å². The molecule has 2 aromatic heterocycles. The zero-order valence-corrected chi connectivity index (χ0v) is 19.2. The number of anilines is 1. The first-order valence-corrected chi connectivity index (χ1v) is 10.7. The Kier molecular flexibility index (Phi) is 6.57. The largest absolute Gasteiger partial charge is 0.489 e. The van der Waals surface area contributed by atoms with Crippen LogP contribution in [0.5, 0.6) is 5.75 Å². The van der Waals surface area contributed by atoms with Gasteiger partial charge >= 0.3 is 0 Å². The first kappa shape index (κ1) is 22.0. The molecule has 164 valence electrons. The molecule has 0 radical (unpaired) electrons. The fourth-order valence-electron chi connectivity index (χ4n) is 2.93. The van der Waals surface area contributed by atoms with E-state index in [9.17, 15) is 9.18 Å². The number of nitrogens with zero attached hydrogens (tertiary/aromatic N) is 3. The number of aromatic nitrogens is 3. The molecule has 4 aromatic rings. The molecule has 7 nitrogen and oxygen atoms in total. The number of ether oxygens (including phenoxy) is 1. The molecule has 0 atom stereocenters. The Morgan fingerprint density at radius 2 is 1.94 bits per heavy atom. The molecule has 1 amide bonds. The molecule has 0 saturated carbocycles. The van der Waals surface area contributed by atoms with Crippen LogP contribution in [0, 0.1) is 12.7 Å². The molecule has 0 aliphatic heterocycles. The average Bonchev–Trinajstić information content (AvgIpc) is 3.31. The summed E-state index contributed by atoms with van der Waals surface area (Å²) in [5, 5.41) is 11.7. The molecular weight excluding hydrogens is 503 g/mol. The summed E-state index contributed by atoms with van der Waals surface area (Å²) in [4.78, 5) is 12.8. The van der Waals surface area contributed by atoms with Crippen LogP contribution in [0.2, 0.25) is 5.02 Å². The number of carbonyl (C=O) groups excluding carboxylic acids is 1. The highest BCUT2D eigenvalue weighted by atomic mass is 79.9. The molecule has 2 aromatic carbocycles. The zero-order valence-electron chi connectivity index (χ0n) is 16.8. The summed E-state index contributed by atoms with van der Waals surface area (Å²) in [6.45, 7) is 2.23. The van der Waals surface area contributed by atoms with Gasteiger partial charge in [0.1, 0.15) is 23.9 Å². The van der Waals surface area contributed by atoms with Crippen molar-refractivity contribution in [3.05, 3.63) is 92.6 Å². The summed E-state index contributed by atoms with van der Waals surface area (Å²) in [7, 11) is 0. The maximum absolute atomic E-state index is 13.1. The van der Waals surface area contributed by atoms with E-state index in [1.54, 1.807) is 29.9 Å². The highest BCUT2D eigenvalue weighted by Gasteiger charge is 2.22. The number of nitrogens with one attached hydrogen (secondary N) is 1. The van der Waals surface area contributed by atoms with Gasteiger partial charge in [0.15, 0.2) is 11.5 Å². The number of halogens is 3. The number of hydrogen-bond donors (Lipinski definition) is 1.